The number of imidazole rings is 1. The van der Waals surface area contributed by atoms with E-state index < -0.39 is 0 Å². The summed E-state index contributed by atoms with van der Waals surface area (Å²) in [5.41, 5.74) is 3.08. The van der Waals surface area contributed by atoms with Crippen molar-refractivity contribution in [2.45, 2.75) is 6.54 Å². The highest BCUT2D eigenvalue weighted by Gasteiger charge is 2.05. The number of benzene rings is 1. The van der Waals surface area contributed by atoms with Gasteiger partial charge in [-0.3, -0.25) is 4.40 Å². The Labute approximate surface area is 132 Å². The van der Waals surface area contributed by atoms with Crippen molar-refractivity contribution in [3.63, 3.8) is 0 Å². The normalized spacial score (nSPS) is 10.8. The monoisotopic (exact) mass is 428 g/mol. The van der Waals surface area contributed by atoms with E-state index in [9.17, 15) is 0 Å². The minimum Gasteiger partial charge on any atom is -0.379 e. The number of anilines is 1. The van der Waals surface area contributed by atoms with Crippen LogP contribution in [0.2, 0.25) is 0 Å². The second-order valence-corrected chi connectivity index (χ2v) is 6.00. The SMILES string of the molecule is Brc1cn2c(CNc3ccccc3I)cnc2cn1. The topological polar surface area (TPSA) is 42.2 Å². The third-order valence-electron chi connectivity index (χ3n) is 2.77. The van der Waals surface area contributed by atoms with E-state index in [0.29, 0.717) is 0 Å². The molecule has 3 rings (SSSR count). The van der Waals surface area contributed by atoms with Crippen molar-refractivity contribution < 1.29 is 0 Å². The van der Waals surface area contributed by atoms with Crippen molar-refractivity contribution in [2.75, 3.05) is 5.32 Å². The van der Waals surface area contributed by atoms with Gasteiger partial charge in [0, 0.05) is 15.5 Å². The molecule has 0 radical (unpaired) electrons. The number of hydrogen-bond acceptors (Lipinski definition) is 3. The number of fused-ring (bicyclic) bond motifs is 1. The quantitative estimate of drug-likeness (QED) is 0.646. The molecule has 0 saturated carbocycles. The predicted molar refractivity (Wildman–Crippen MR) is 87.2 cm³/mol. The average molecular weight is 429 g/mol. The molecule has 1 aromatic carbocycles. The molecule has 96 valence electrons. The second kappa shape index (κ2) is 5.46. The van der Waals surface area contributed by atoms with Crippen molar-refractivity contribution in [3.8, 4) is 0 Å². The molecule has 6 heteroatoms. The molecule has 19 heavy (non-hydrogen) atoms. The minimum atomic E-state index is 0.720. The molecule has 2 aromatic heterocycles. The Bertz CT molecular complexity index is 725. The second-order valence-electron chi connectivity index (χ2n) is 4.02. The van der Waals surface area contributed by atoms with Gasteiger partial charge in [0.1, 0.15) is 4.60 Å². The Morgan fingerprint density at radius 1 is 1.21 bits per heavy atom. The van der Waals surface area contributed by atoms with Crippen LogP contribution in [0.25, 0.3) is 5.65 Å². The molecule has 0 aliphatic rings. The lowest BCUT2D eigenvalue weighted by Gasteiger charge is -2.08. The summed E-state index contributed by atoms with van der Waals surface area (Å²) in [5, 5.41) is 3.42. The van der Waals surface area contributed by atoms with Gasteiger partial charge in [0.15, 0.2) is 5.65 Å². The third kappa shape index (κ3) is 2.74. The van der Waals surface area contributed by atoms with Crippen LogP contribution < -0.4 is 5.32 Å². The molecule has 0 fully saturated rings. The summed E-state index contributed by atoms with van der Waals surface area (Å²) >= 11 is 5.70. The maximum Gasteiger partial charge on any atom is 0.155 e. The van der Waals surface area contributed by atoms with Crippen LogP contribution >= 0.6 is 38.5 Å². The highest BCUT2D eigenvalue weighted by molar-refractivity contribution is 14.1. The largest absolute Gasteiger partial charge is 0.379 e. The van der Waals surface area contributed by atoms with E-state index in [2.05, 4.69) is 65.9 Å². The van der Waals surface area contributed by atoms with Gasteiger partial charge in [-0.25, -0.2) is 9.97 Å². The molecule has 0 aliphatic carbocycles. The van der Waals surface area contributed by atoms with Crippen molar-refractivity contribution in [3.05, 3.63) is 56.7 Å². The molecule has 0 saturated heterocycles. The van der Waals surface area contributed by atoms with E-state index in [1.54, 1.807) is 6.20 Å². The van der Waals surface area contributed by atoms with Gasteiger partial charge in [-0.15, -0.1) is 0 Å². The molecular formula is C13H10BrIN4. The van der Waals surface area contributed by atoms with Gasteiger partial charge in [-0.2, -0.15) is 0 Å². The number of nitrogens with one attached hydrogen (secondary N) is 1. The number of rotatable bonds is 3. The first kappa shape index (κ1) is 12.9. The van der Waals surface area contributed by atoms with Gasteiger partial charge >= 0.3 is 0 Å². The van der Waals surface area contributed by atoms with E-state index in [1.807, 2.05) is 28.9 Å². The van der Waals surface area contributed by atoms with Crippen LogP contribution in [-0.4, -0.2) is 14.4 Å². The van der Waals surface area contributed by atoms with Crippen LogP contribution in [-0.2, 0) is 6.54 Å². The molecule has 3 aromatic rings. The van der Waals surface area contributed by atoms with Crippen LogP contribution in [0.15, 0.2) is 47.5 Å². The molecule has 0 aliphatic heterocycles. The van der Waals surface area contributed by atoms with E-state index in [4.69, 9.17) is 0 Å². The molecule has 0 unspecified atom stereocenters. The summed E-state index contributed by atoms with van der Waals surface area (Å²) in [7, 11) is 0. The molecule has 0 atom stereocenters. The van der Waals surface area contributed by atoms with Crippen molar-refractivity contribution in [1.82, 2.24) is 14.4 Å². The van der Waals surface area contributed by atoms with Gasteiger partial charge in [0.25, 0.3) is 0 Å². The Morgan fingerprint density at radius 3 is 2.89 bits per heavy atom. The highest BCUT2D eigenvalue weighted by atomic mass is 127. The van der Waals surface area contributed by atoms with Gasteiger partial charge in [0.2, 0.25) is 0 Å². The Morgan fingerprint density at radius 2 is 2.05 bits per heavy atom. The number of hydrogen-bond donors (Lipinski definition) is 1. The molecule has 4 nitrogen and oxygen atoms in total. The van der Waals surface area contributed by atoms with Crippen molar-refractivity contribution in [1.29, 1.82) is 0 Å². The zero-order valence-electron chi connectivity index (χ0n) is 9.85. The minimum absolute atomic E-state index is 0.720. The first-order valence-electron chi connectivity index (χ1n) is 5.70. The van der Waals surface area contributed by atoms with Crippen LogP contribution in [0.3, 0.4) is 0 Å². The first-order valence-corrected chi connectivity index (χ1v) is 7.57. The van der Waals surface area contributed by atoms with Crippen molar-refractivity contribution in [2.24, 2.45) is 0 Å². The molecule has 0 bridgehead atoms. The molecule has 1 N–H and O–H groups in total. The molecule has 0 spiro atoms. The number of nitrogens with zero attached hydrogens (tertiary/aromatic N) is 3. The Kier molecular flexibility index (Phi) is 3.69. The van der Waals surface area contributed by atoms with Gasteiger partial charge in [-0.05, 0) is 50.7 Å². The molecule has 2 heterocycles. The highest BCUT2D eigenvalue weighted by Crippen LogP contribution is 2.18. The van der Waals surface area contributed by atoms with E-state index in [-0.39, 0.29) is 0 Å². The van der Waals surface area contributed by atoms with Crippen LogP contribution in [0.4, 0.5) is 5.69 Å². The van der Waals surface area contributed by atoms with Crippen LogP contribution in [0, 0.1) is 3.57 Å². The fourth-order valence-corrected chi connectivity index (χ4v) is 2.72. The zero-order valence-corrected chi connectivity index (χ0v) is 13.6. The number of para-hydroxylation sites is 1. The Balaban J connectivity index is 1.86. The lowest BCUT2D eigenvalue weighted by Crippen LogP contribution is -2.03. The smallest absolute Gasteiger partial charge is 0.155 e. The van der Waals surface area contributed by atoms with Crippen molar-refractivity contribution >= 4 is 49.9 Å². The predicted octanol–water partition coefficient (Wildman–Crippen LogP) is 3.71. The lowest BCUT2D eigenvalue weighted by molar-refractivity contribution is 0.982. The molecule has 0 amide bonds. The van der Waals surface area contributed by atoms with E-state index in [0.717, 1.165) is 28.2 Å². The van der Waals surface area contributed by atoms with Crippen LogP contribution in [0.1, 0.15) is 5.69 Å². The van der Waals surface area contributed by atoms with E-state index >= 15 is 0 Å². The van der Waals surface area contributed by atoms with Gasteiger partial charge < -0.3 is 5.32 Å². The summed E-state index contributed by atoms with van der Waals surface area (Å²) in [6.45, 7) is 0.720. The third-order valence-corrected chi connectivity index (χ3v) is 4.13. The fourth-order valence-electron chi connectivity index (χ4n) is 1.84. The average Bonchev–Trinajstić information content (AvgIpc) is 2.80. The lowest BCUT2D eigenvalue weighted by atomic mass is 10.3. The van der Waals surface area contributed by atoms with Gasteiger partial charge in [-0.1, -0.05) is 12.1 Å². The summed E-state index contributed by atoms with van der Waals surface area (Å²) < 4.78 is 4.03. The first-order chi connectivity index (χ1) is 9.24. The van der Waals surface area contributed by atoms with E-state index in [1.165, 1.54) is 3.57 Å². The summed E-state index contributed by atoms with van der Waals surface area (Å²) in [5.74, 6) is 0. The maximum atomic E-state index is 4.33. The maximum absolute atomic E-state index is 4.33. The number of aromatic nitrogens is 3. The summed E-state index contributed by atoms with van der Waals surface area (Å²) in [4.78, 5) is 8.50. The molecular weight excluding hydrogens is 419 g/mol. The summed E-state index contributed by atoms with van der Waals surface area (Å²) in [6.07, 6.45) is 5.54. The zero-order chi connectivity index (χ0) is 13.2. The van der Waals surface area contributed by atoms with Gasteiger partial charge in [0.05, 0.1) is 24.6 Å². The standard InChI is InChI=1S/C13H10BrIN4/c14-12-8-19-9(6-18-13(19)7-17-12)5-16-11-4-2-1-3-10(11)15/h1-4,6-8,16H,5H2. The van der Waals surface area contributed by atoms with Crippen LogP contribution in [0.5, 0.6) is 0 Å². The summed E-state index contributed by atoms with van der Waals surface area (Å²) in [6, 6.07) is 8.21. The number of halogens is 2. The Hall–Kier alpha value is -1.15. The fraction of sp³-hybridized carbons (Fsp3) is 0.0769.